The molecule has 1 aromatic carbocycles. The summed E-state index contributed by atoms with van der Waals surface area (Å²) in [4.78, 5) is 29.4. The van der Waals surface area contributed by atoms with Crippen molar-refractivity contribution in [3.63, 3.8) is 0 Å². The topological polar surface area (TPSA) is 49.9 Å². The average molecular weight is 344 g/mol. The second kappa shape index (κ2) is 8.37. The predicted molar refractivity (Wildman–Crippen MR) is 96.7 cm³/mol. The quantitative estimate of drug-likeness (QED) is 0.847. The summed E-state index contributed by atoms with van der Waals surface area (Å²) in [7, 11) is 1.60. The van der Waals surface area contributed by atoms with Gasteiger partial charge >= 0.3 is 0 Å². The second-order valence-electron chi connectivity index (χ2n) is 7.04. The van der Waals surface area contributed by atoms with Crippen LogP contribution in [0.3, 0.4) is 0 Å². The number of ether oxygens (including phenoxy) is 1. The number of hydrogen-bond acceptors (Lipinski definition) is 3. The zero-order chi connectivity index (χ0) is 17.6. The molecule has 3 rings (SSSR count). The summed E-state index contributed by atoms with van der Waals surface area (Å²) in [5.74, 6) is 1.21. The van der Waals surface area contributed by atoms with Gasteiger partial charge in [-0.15, -0.1) is 0 Å². The number of benzene rings is 1. The molecule has 1 aliphatic heterocycles. The van der Waals surface area contributed by atoms with Crippen LogP contribution < -0.4 is 4.74 Å². The van der Waals surface area contributed by atoms with Gasteiger partial charge in [-0.2, -0.15) is 0 Å². The summed E-state index contributed by atoms with van der Waals surface area (Å²) in [5.41, 5.74) is 0.645. The number of carbonyl (C=O) groups is 2. The van der Waals surface area contributed by atoms with Gasteiger partial charge in [-0.1, -0.05) is 25.3 Å². The fraction of sp³-hybridized carbons (Fsp3) is 0.600. The molecule has 0 bridgehead atoms. The Morgan fingerprint density at radius 1 is 0.960 bits per heavy atom. The highest BCUT2D eigenvalue weighted by Crippen LogP contribution is 2.26. The summed E-state index contributed by atoms with van der Waals surface area (Å²) < 4.78 is 5.21. The highest BCUT2D eigenvalue weighted by molar-refractivity contribution is 5.94. The number of amides is 2. The van der Waals surface area contributed by atoms with Gasteiger partial charge in [0.2, 0.25) is 5.91 Å². The van der Waals surface area contributed by atoms with Crippen LogP contribution in [0.15, 0.2) is 24.3 Å². The van der Waals surface area contributed by atoms with Crippen LogP contribution >= 0.6 is 0 Å². The van der Waals surface area contributed by atoms with E-state index in [-0.39, 0.29) is 11.8 Å². The monoisotopic (exact) mass is 344 g/mol. The average Bonchev–Trinajstić information content (AvgIpc) is 2.94. The van der Waals surface area contributed by atoms with Crippen molar-refractivity contribution < 1.29 is 14.3 Å². The number of nitrogens with zero attached hydrogens (tertiary/aromatic N) is 2. The molecule has 2 aliphatic rings. The van der Waals surface area contributed by atoms with Gasteiger partial charge in [-0.25, -0.2) is 0 Å². The van der Waals surface area contributed by atoms with Gasteiger partial charge in [0.25, 0.3) is 5.91 Å². The predicted octanol–water partition coefficient (Wildman–Crippen LogP) is 2.95. The lowest BCUT2D eigenvalue weighted by Gasteiger charge is -2.28. The number of hydrogen-bond donors (Lipinski definition) is 0. The molecule has 1 saturated carbocycles. The lowest BCUT2D eigenvalue weighted by molar-refractivity contribution is -0.136. The molecular weight excluding hydrogens is 316 g/mol. The first-order valence-electron chi connectivity index (χ1n) is 9.41. The van der Waals surface area contributed by atoms with E-state index in [1.54, 1.807) is 13.2 Å². The third kappa shape index (κ3) is 4.33. The van der Waals surface area contributed by atoms with E-state index in [0.717, 1.165) is 25.8 Å². The molecule has 1 saturated heterocycles. The maximum atomic E-state index is 12.8. The SMILES string of the molecule is COc1cccc(C(=O)N2CCCN(C(=O)C3CCCCC3)CC2)c1. The fourth-order valence-corrected chi connectivity index (χ4v) is 3.89. The molecule has 2 fully saturated rings. The van der Waals surface area contributed by atoms with E-state index in [9.17, 15) is 9.59 Å². The van der Waals surface area contributed by atoms with Crippen molar-refractivity contribution in [2.24, 2.45) is 5.92 Å². The first kappa shape index (κ1) is 17.8. The zero-order valence-corrected chi connectivity index (χ0v) is 15.1. The molecule has 5 nitrogen and oxygen atoms in total. The zero-order valence-electron chi connectivity index (χ0n) is 15.1. The third-order valence-electron chi connectivity index (χ3n) is 5.37. The first-order valence-corrected chi connectivity index (χ1v) is 9.41. The van der Waals surface area contributed by atoms with Crippen molar-refractivity contribution in [3.05, 3.63) is 29.8 Å². The van der Waals surface area contributed by atoms with Gasteiger partial charge in [0.1, 0.15) is 5.75 Å². The van der Waals surface area contributed by atoms with Crippen molar-refractivity contribution in [1.29, 1.82) is 0 Å². The molecule has 25 heavy (non-hydrogen) atoms. The van der Waals surface area contributed by atoms with E-state index in [2.05, 4.69) is 0 Å². The molecule has 136 valence electrons. The summed E-state index contributed by atoms with van der Waals surface area (Å²) >= 11 is 0. The Labute approximate surface area is 149 Å². The van der Waals surface area contributed by atoms with Crippen LogP contribution in [-0.4, -0.2) is 54.9 Å². The largest absolute Gasteiger partial charge is 0.497 e. The van der Waals surface area contributed by atoms with Crippen molar-refractivity contribution in [2.75, 3.05) is 33.3 Å². The molecule has 1 aliphatic carbocycles. The number of carbonyl (C=O) groups excluding carboxylic acids is 2. The molecule has 0 unspecified atom stereocenters. The van der Waals surface area contributed by atoms with Gasteiger partial charge in [0.15, 0.2) is 0 Å². The maximum absolute atomic E-state index is 12.8. The van der Waals surface area contributed by atoms with Crippen LogP contribution in [0.25, 0.3) is 0 Å². The van der Waals surface area contributed by atoms with Crippen molar-refractivity contribution in [3.8, 4) is 5.75 Å². The highest BCUT2D eigenvalue weighted by Gasteiger charge is 2.28. The van der Waals surface area contributed by atoms with E-state index in [4.69, 9.17) is 4.74 Å². The van der Waals surface area contributed by atoms with E-state index < -0.39 is 0 Å². The van der Waals surface area contributed by atoms with Crippen LogP contribution in [0.4, 0.5) is 0 Å². The fourth-order valence-electron chi connectivity index (χ4n) is 3.89. The standard InChI is InChI=1S/C20H28N2O3/c1-25-18-10-5-9-17(15-18)20(24)22-12-6-11-21(13-14-22)19(23)16-7-3-2-4-8-16/h5,9-10,15-16H,2-4,6-8,11-14H2,1H3. The minimum Gasteiger partial charge on any atom is -0.497 e. The van der Waals surface area contributed by atoms with Crippen LogP contribution in [0.1, 0.15) is 48.9 Å². The Hall–Kier alpha value is -2.04. The van der Waals surface area contributed by atoms with Crippen molar-refractivity contribution in [2.45, 2.75) is 38.5 Å². The Balaban J connectivity index is 1.60. The molecule has 1 aromatic rings. The van der Waals surface area contributed by atoms with Crippen LogP contribution in [0.5, 0.6) is 5.75 Å². The van der Waals surface area contributed by atoms with Gasteiger partial charge < -0.3 is 14.5 Å². The molecule has 0 radical (unpaired) electrons. The smallest absolute Gasteiger partial charge is 0.254 e. The highest BCUT2D eigenvalue weighted by atomic mass is 16.5. The molecule has 2 amide bonds. The summed E-state index contributed by atoms with van der Waals surface area (Å²) in [5, 5.41) is 0. The van der Waals surface area contributed by atoms with Crippen LogP contribution in [-0.2, 0) is 4.79 Å². The van der Waals surface area contributed by atoms with Crippen LogP contribution in [0, 0.1) is 5.92 Å². The van der Waals surface area contributed by atoms with E-state index in [1.807, 2.05) is 28.0 Å². The number of methoxy groups -OCH3 is 1. The minimum absolute atomic E-state index is 0.0193. The number of rotatable bonds is 3. The summed E-state index contributed by atoms with van der Waals surface area (Å²) in [6.07, 6.45) is 6.50. The molecule has 0 spiro atoms. The van der Waals surface area contributed by atoms with Crippen molar-refractivity contribution in [1.82, 2.24) is 9.80 Å². The summed E-state index contributed by atoms with van der Waals surface area (Å²) in [6.45, 7) is 2.71. The minimum atomic E-state index is 0.0193. The van der Waals surface area contributed by atoms with Gasteiger partial charge in [0.05, 0.1) is 7.11 Å². The van der Waals surface area contributed by atoms with E-state index in [1.165, 1.54) is 19.3 Å². The second-order valence-corrected chi connectivity index (χ2v) is 7.04. The van der Waals surface area contributed by atoms with E-state index >= 15 is 0 Å². The molecule has 0 atom stereocenters. The van der Waals surface area contributed by atoms with Gasteiger partial charge in [-0.3, -0.25) is 9.59 Å². The Morgan fingerprint density at radius 3 is 2.44 bits per heavy atom. The third-order valence-corrected chi connectivity index (χ3v) is 5.37. The lowest BCUT2D eigenvalue weighted by Crippen LogP contribution is -2.40. The van der Waals surface area contributed by atoms with Gasteiger partial charge in [-0.05, 0) is 37.5 Å². The van der Waals surface area contributed by atoms with Crippen LogP contribution in [0.2, 0.25) is 0 Å². The Kier molecular flexibility index (Phi) is 5.95. The molecular formula is C20H28N2O3. The normalized spacial score (nSPS) is 19.4. The molecule has 0 aromatic heterocycles. The maximum Gasteiger partial charge on any atom is 0.254 e. The van der Waals surface area contributed by atoms with E-state index in [0.29, 0.717) is 36.9 Å². The Bertz CT molecular complexity index is 611. The molecule has 1 heterocycles. The molecule has 0 N–H and O–H groups in total. The lowest BCUT2D eigenvalue weighted by atomic mass is 9.88. The Morgan fingerprint density at radius 2 is 1.68 bits per heavy atom. The summed E-state index contributed by atoms with van der Waals surface area (Å²) in [6, 6.07) is 7.27. The van der Waals surface area contributed by atoms with Crippen molar-refractivity contribution >= 4 is 11.8 Å². The molecule has 5 heteroatoms. The van der Waals surface area contributed by atoms with Gasteiger partial charge in [0, 0.05) is 37.7 Å². The first-order chi connectivity index (χ1) is 12.2.